The van der Waals surface area contributed by atoms with Crippen molar-refractivity contribution in [3.8, 4) is 5.69 Å². The second-order valence-corrected chi connectivity index (χ2v) is 7.65. The van der Waals surface area contributed by atoms with Crippen molar-refractivity contribution >= 4 is 17.6 Å². The van der Waals surface area contributed by atoms with Gasteiger partial charge in [-0.1, -0.05) is 12.1 Å². The number of nitrogens with two attached hydrogens (primary N) is 2. The van der Waals surface area contributed by atoms with Crippen LogP contribution in [0.5, 0.6) is 0 Å². The standard InChI is InChI=1S/C23H21F2N3O4/c1-23(27,22(31)32)11-10-13-2-5-15(6-3-13)28-19(29)9-8-17(21(28)26)20(30)16-7-4-14(24)12-18(16)25/h2-9,12H,10-11,26-27H2,1H3,(H,31,32)/t23-/m1/s1. The maximum absolute atomic E-state index is 14.1. The number of aliphatic carboxylic acids is 1. The molecular weight excluding hydrogens is 420 g/mol. The third-order valence-corrected chi connectivity index (χ3v) is 5.17. The van der Waals surface area contributed by atoms with Crippen LogP contribution in [0.4, 0.5) is 14.6 Å². The first-order chi connectivity index (χ1) is 15.0. The van der Waals surface area contributed by atoms with E-state index >= 15 is 0 Å². The largest absolute Gasteiger partial charge is 0.480 e. The lowest BCUT2D eigenvalue weighted by Crippen LogP contribution is -2.45. The van der Waals surface area contributed by atoms with E-state index in [-0.39, 0.29) is 23.4 Å². The van der Waals surface area contributed by atoms with Gasteiger partial charge < -0.3 is 16.6 Å². The number of pyridine rings is 1. The third kappa shape index (κ3) is 4.57. The van der Waals surface area contributed by atoms with Crippen LogP contribution in [0, 0.1) is 11.6 Å². The van der Waals surface area contributed by atoms with Crippen molar-refractivity contribution in [3.63, 3.8) is 0 Å². The van der Waals surface area contributed by atoms with Gasteiger partial charge in [-0.2, -0.15) is 0 Å². The Kier molecular flexibility index (Phi) is 6.22. The van der Waals surface area contributed by atoms with Gasteiger partial charge in [0.05, 0.1) is 16.8 Å². The fourth-order valence-corrected chi connectivity index (χ4v) is 3.15. The summed E-state index contributed by atoms with van der Waals surface area (Å²) in [5, 5.41) is 9.11. The van der Waals surface area contributed by atoms with Crippen LogP contribution in [0.15, 0.2) is 59.4 Å². The van der Waals surface area contributed by atoms with Crippen molar-refractivity contribution in [2.45, 2.75) is 25.3 Å². The van der Waals surface area contributed by atoms with E-state index < -0.39 is 34.5 Å². The Bertz CT molecular complexity index is 1250. The van der Waals surface area contributed by atoms with E-state index in [1.165, 1.54) is 13.0 Å². The van der Waals surface area contributed by atoms with Gasteiger partial charge in [-0.15, -0.1) is 0 Å². The van der Waals surface area contributed by atoms with Crippen LogP contribution in [-0.4, -0.2) is 27.0 Å². The molecule has 0 radical (unpaired) electrons. The van der Waals surface area contributed by atoms with Gasteiger partial charge in [-0.25, -0.2) is 8.78 Å². The highest BCUT2D eigenvalue weighted by Gasteiger charge is 2.27. The van der Waals surface area contributed by atoms with Crippen molar-refractivity contribution in [1.29, 1.82) is 0 Å². The van der Waals surface area contributed by atoms with E-state index in [0.717, 1.165) is 28.3 Å². The highest BCUT2D eigenvalue weighted by molar-refractivity contribution is 6.11. The summed E-state index contributed by atoms with van der Waals surface area (Å²) in [4.78, 5) is 36.3. The number of rotatable bonds is 7. The molecule has 3 aromatic rings. The highest BCUT2D eigenvalue weighted by atomic mass is 19.1. The molecule has 7 nitrogen and oxygen atoms in total. The number of hydrogen-bond acceptors (Lipinski definition) is 5. The summed E-state index contributed by atoms with van der Waals surface area (Å²) in [5.41, 5.74) is 10.6. The van der Waals surface area contributed by atoms with Gasteiger partial charge >= 0.3 is 5.97 Å². The Morgan fingerprint density at radius 3 is 2.25 bits per heavy atom. The zero-order valence-electron chi connectivity index (χ0n) is 17.1. The number of nitrogen functional groups attached to an aromatic ring is 1. The van der Waals surface area contributed by atoms with Gasteiger partial charge in [-0.05, 0) is 55.7 Å². The lowest BCUT2D eigenvalue weighted by molar-refractivity contribution is -0.142. The van der Waals surface area contributed by atoms with Gasteiger partial charge in [0, 0.05) is 12.1 Å². The number of carboxylic acid groups (broad SMARTS) is 1. The van der Waals surface area contributed by atoms with Crippen molar-refractivity contribution in [2.75, 3.05) is 5.73 Å². The molecule has 1 heterocycles. The molecule has 1 atom stereocenters. The van der Waals surface area contributed by atoms with Crippen molar-refractivity contribution in [1.82, 2.24) is 4.57 Å². The number of hydrogen-bond donors (Lipinski definition) is 3. The summed E-state index contributed by atoms with van der Waals surface area (Å²) in [6.07, 6.45) is 0.601. The summed E-state index contributed by atoms with van der Waals surface area (Å²) in [5.74, 6) is -3.95. The van der Waals surface area contributed by atoms with E-state index in [2.05, 4.69) is 0 Å². The molecule has 0 amide bonds. The monoisotopic (exact) mass is 441 g/mol. The predicted octanol–water partition coefficient (Wildman–Crippen LogP) is 2.66. The molecule has 9 heteroatoms. The normalized spacial score (nSPS) is 12.9. The van der Waals surface area contributed by atoms with E-state index in [0.29, 0.717) is 18.2 Å². The molecule has 0 unspecified atom stereocenters. The minimum Gasteiger partial charge on any atom is -0.480 e. The Morgan fingerprint density at radius 1 is 1.03 bits per heavy atom. The lowest BCUT2D eigenvalue weighted by Gasteiger charge is -2.19. The van der Waals surface area contributed by atoms with Gasteiger partial charge in [0.15, 0.2) is 5.78 Å². The Balaban J connectivity index is 1.93. The van der Waals surface area contributed by atoms with Crippen LogP contribution in [-0.2, 0) is 11.2 Å². The summed E-state index contributed by atoms with van der Waals surface area (Å²) < 4.78 is 28.3. The molecule has 5 N–H and O–H groups in total. The van der Waals surface area contributed by atoms with E-state index in [4.69, 9.17) is 16.6 Å². The fourth-order valence-electron chi connectivity index (χ4n) is 3.15. The molecule has 0 aliphatic rings. The third-order valence-electron chi connectivity index (χ3n) is 5.17. The SMILES string of the molecule is C[C@@](N)(CCc1ccc(-n2c(N)c(C(=O)c3ccc(F)cc3F)ccc2=O)cc1)C(=O)O. The van der Waals surface area contributed by atoms with Crippen molar-refractivity contribution in [2.24, 2.45) is 5.73 Å². The molecule has 3 rings (SSSR count). The number of ketones is 1. The molecule has 0 aliphatic carbocycles. The first-order valence-corrected chi connectivity index (χ1v) is 9.64. The molecule has 2 aromatic carbocycles. The maximum Gasteiger partial charge on any atom is 0.323 e. The average Bonchev–Trinajstić information content (AvgIpc) is 2.73. The van der Waals surface area contributed by atoms with Crippen LogP contribution in [0.1, 0.15) is 34.8 Å². The zero-order chi connectivity index (χ0) is 23.6. The Labute approximate surface area is 181 Å². The summed E-state index contributed by atoms with van der Waals surface area (Å²) in [6.45, 7) is 1.43. The molecule has 166 valence electrons. The summed E-state index contributed by atoms with van der Waals surface area (Å²) in [7, 11) is 0. The second kappa shape index (κ2) is 8.72. The van der Waals surface area contributed by atoms with Crippen LogP contribution in [0.25, 0.3) is 5.69 Å². The molecule has 0 fully saturated rings. The first-order valence-electron chi connectivity index (χ1n) is 9.64. The number of carboxylic acids is 1. The number of nitrogens with zero attached hydrogens (tertiary/aromatic N) is 1. The molecule has 0 saturated carbocycles. The predicted molar refractivity (Wildman–Crippen MR) is 115 cm³/mol. The molecule has 0 aliphatic heterocycles. The first kappa shape index (κ1) is 22.8. The molecule has 1 aromatic heterocycles. The topological polar surface area (TPSA) is 128 Å². The number of benzene rings is 2. The molecule has 0 bridgehead atoms. The number of carbonyl (C=O) groups excluding carboxylic acids is 1. The minimum absolute atomic E-state index is 0.112. The van der Waals surface area contributed by atoms with Crippen LogP contribution >= 0.6 is 0 Å². The quantitative estimate of drug-likeness (QED) is 0.484. The van der Waals surface area contributed by atoms with Gasteiger partial charge in [0.1, 0.15) is 23.0 Å². The zero-order valence-corrected chi connectivity index (χ0v) is 17.1. The minimum atomic E-state index is -1.37. The van der Waals surface area contributed by atoms with E-state index in [9.17, 15) is 23.2 Å². The fraction of sp³-hybridized carbons (Fsp3) is 0.174. The maximum atomic E-state index is 14.1. The highest BCUT2D eigenvalue weighted by Crippen LogP contribution is 2.21. The number of carbonyl (C=O) groups is 2. The molecule has 0 spiro atoms. The molecule has 32 heavy (non-hydrogen) atoms. The number of anilines is 1. The lowest BCUT2D eigenvalue weighted by atomic mass is 9.94. The van der Waals surface area contributed by atoms with Gasteiger partial charge in [0.25, 0.3) is 5.56 Å². The average molecular weight is 441 g/mol. The van der Waals surface area contributed by atoms with Crippen molar-refractivity contribution in [3.05, 3.63) is 93.3 Å². The molecule has 0 saturated heterocycles. The number of aryl methyl sites for hydroxylation is 1. The van der Waals surface area contributed by atoms with Gasteiger partial charge in [0.2, 0.25) is 0 Å². The van der Waals surface area contributed by atoms with Crippen LogP contribution in [0.3, 0.4) is 0 Å². The smallest absolute Gasteiger partial charge is 0.323 e. The molecular formula is C23H21F2N3O4. The Hall–Kier alpha value is -3.85. The van der Waals surface area contributed by atoms with E-state index in [1.807, 2.05) is 0 Å². The van der Waals surface area contributed by atoms with Gasteiger partial charge in [-0.3, -0.25) is 19.0 Å². The van der Waals surface area contributed by atoms with Crippen LogP contribution in [0.2, 0.25) is 0 Å². The summed E-state index contributed by atoms with van der Waals surface area (Å²) in [6, 6.07) is 11.4. The number of aromatic nitrogens is 1. The summed E-state index contributed by atoms with van der Waals surface area (Å²) >= 11 is 0. The van der Waals surface area contributed by atoms with Crippen LogP contribution < -0.4 is 17.0 Å². The Morgan fingerprint density at radius 2 is 1.66 bits per heavy atom. The number of halogens is 2. The second-order valence-electron chi connectivity index (χ2n) is 7.65. The van der Waals surface area contributed by atoms with E-state index in [1.54, 1.807) is 24.3 Å². The van der Waals surface area contributed by atoms with Crippen molar-refractivity contribution < 1.29 is 23.5 Å².